The van der Waals surface area contributed by atoms with E-state index in [1.54, 1.807) is 0 Å². The number of para-hydroxylation sites is 1. The summed E-state index contributed by atoms with van der Waals surface area (Å²) in [6.45, 7) is 17.2. The van der Waals surface area contributed by atoms with Gasteiger partial charge in [-0.05, 0) is 36.8 Å². The van der Waals surface area contributed by atoms with Crippen molar-refractivity contribution in [3.8, 4) is 0 Å². The molecule has 0 unspecified atom stereocenters. The van der Waals surface area contributed by atoms with Crippen molar-refractivity contribution in [3.63, 3.8) is 0 Å². The van der Waals surface area contributed by atoms with Crippen LogP contribution in [-0.2, 0) is 0 Å². The van der Waals surface area contributed by atoms with E-state index in [2.05, 4.69) is 69.5 Å². The van der Waals surface area contributed by atoms with Crippen LogP contribution in [0.1, 0.15) is 64.5 Å². The molecule has 1 fully saturated rings. The normalized spacial score (nSPS) is 16.9. The molecular formula is C18H30N2. The average molecular weight is 274 g/mol. The minimum atomic E-state index is 0.580. The fourth-order valence-corrected chi connectivity index (χ4v) is 3.09. The molecule has 0 aromatic heterocycles. The van der Waals surface area contributed by atoms with Gasteiger partial charge in [0.2, 0.25) is 0 Å². The molecule has 0 amide bonds. The van der Waals surface area contributed by atoms with E-state index in [4.69, 9.17) is 0 Å². The van der Waals surface area contributed by atoms with Crippen LogP contribution in [0, 0.1) is 0 Å². The van der Waals surface area contributed by atoms with E-state index < -0.39 is 0 Å². The largest absolute Gasteiger partial charge is 0.357 e. The van der Waals surface area contributed by atoms with Crippen LogP contribution >= 0.6 is 0 Å². The number of benzene rings is 1. The summed E-state index contributed by atoms with van der Waals surface area (Å²) >= 11 is 0. The van der Waals surface area contributed by atoms with Gasteiger partial charge in [-0.15, -0.1) is 0 Å². The lowest BCUT2D eigenvalue weighted by Crippen LogP contribution is -2.31. The minimum absolute atomic E-state index is 0.580. The van der Waals surface area contributed by atoms with E-state index in [-0.39, 0.29) is 0 Å². The Balaban J connectivity index is 2.39. The summed E-state index contributed by atoms with van der Waals surface area (Å²) in [7, 11) is 0. The van der Waals surface area contributed by atoms with E-state index in [0.717, 1.165) is 13.2 Å². The third kappa shape index (κ3) is 3.01. The predicted molar refractivity (Wildman–Crippen MR) is 88.7 cm³/mol. The van der Waals surface area contributed by atoms with Crippen molar-refractivity contribution in [3.05, 3.63) is 29.3 Å². The summed E-state index contributed by atoms with van der Waals surface area (Å²) in [5, 5.41) is 0. The Bertz CT molecular complexity index is 422. The molecule has 0 spiro atoms. The first kappa shape index (κ1) is 15.4. The standard InChI is InChI=1S/C18H30N2/c1-13(2)16-8-7-9-17(14(3)4)18(16)20-11-10-19(12-20)15(5)6/h7-9,13-15H,10-12H2,1-6H3. The summed E-state index contributed by atoms with van der Waals surface area (Å²) in [6.07, 6.45) is 0. The molecule has 0 bridgehead atoms. The Morgan fingerprint density at radius 3 is 1.80 bits per heavy atom. The van der Waals surface area contributed by atoms with E-state index in [1.165, 1.54) is 23.4 Å². The van der Waals surface area contributed by atoms with Gasteiger partial charge in [-0.2, -0.15) is 0 Å². The highest BCUT2D eigenvalue weighted by Gasteiger charge is 2.26. The van der Waals surface area contributed by atoms with Crippen LogP contribution in [0.3, 0.4) is 0 Å². The van der Waals surface area contributed by atoms with E-state index in [0.29, 0.717) is 17.9 Å². The maximum Gasteiger partial charge on any atom is 0.0710 e. The molecule has 1 aliphatic rings. The highest BCUT2D eigenvalue weighted by Crippen LogP contribution is 2.36. The summed E-state index contributed by atoms with van der Waals surface area (Å²) in [5.41, 5.74) is 4.50. The maximum absolute atomic E-state index is 2.59. The first-order valence-electron chi connectivity index (χ1n) is 8.03. The van der Waals surface area contributed by atoms with Gasteiger partial charge in [-0.3, -0.25) is 4.90 Å². The molecule has 1 aromatic rings. The topological polar surface area (TPSA) is 6.48 Å². The van der Waals surface area contributed by atoms with Crippen LogP contribution in [0.2, 0.25) is 0 Å². The van der Waals surface area contributed by atoms with Gasteiger partial charge in [0.05, 0.1) is 6.67 Å². The SMILES string of the molecule is CC(C)c1cccc(C(C)C)c1N1CCN(C(C)C)C1. The maximum atomic E-state index is 2.59. The van der Waals surface area contributed by atoms with Crippen LogP contribution < -0.4 is 4.90 Å². The first-order valence-corrected chi connectivity index (χ1v) is 8.03. The molecule has 1 heterocycles. The molecule has 0 radical (unpaired) electrons. The lowest BCUT2D eigenvalue weighted by Gasteiger charge is -2.29. The van der Waals surface area contributed by atoms with Gasteiger partial charge < -0.3 is 4.90 Å². The molecular weight excluding hydrogens is 244 g/mol. The van der Waals surface area contributed by atoms with Crippen LogP contribution in [-0.4, -0.2) is 30.7 Å². The van der Waals surface area contributed by atoms with Crippen molar-refractivity contribution in [1.82, 2.24) is 4.90 Å². The molecule has 2 rings (SSSR count). The molecule has 2 heteroatoms. The zero-order valence-electron chi connectivity index (χ0n) is 14.0. The first-order chi connectivity index (χ1) is 9.41. The summed E-state index contributed by atoms with van der Waals surface area (Å²) in [4.78, 5) is 5.14. The Morgan fingerprint density at radius 2 is 1.40 bits per heavy atom. The summed E-state index contributed by atoms with van der Waals surface area (Å²) < 4.78 is 0. The van der Waals surface area contributed by atoms with E-state index in [1.807, 2.05) is 0 Å². The van der Waals surface area contributed by atoms with Crippen LogP contribution in [0.15, 0.2) is 18.2 Å². The van der Waals surface area contributed by atoms with Gasteiger partial charge in [-0.25, -0.2) is 0 Å². The third-order valence-corrected chi connectivity index (χ3v) is 4.40. The van der Waals surface area contributed by atoms with Crippen LogP contribution in [0.25, 0.3) is 0 Å². The van der Waals surface area contributed by atoms with Gasteiger partial charge >= 0.3 is 0 Å². The monoisotopic (exact) mass is 274 g/mol. The highest BCUT2D eigenvalue weighted by atomic mass is 15.4. The lowest BCUT2D eigenvalue weighted by molar-refractivity contribution is 0.278. The average Bonchev–Trinajstić information content (AvgIpc) is 2.87. The zero-order valence-corrected chi connectivity index (χ0v) is 14.0. The Kier molecular flexibility index (Phi) is 4.74. The second kappa shape index (κ2) is 6.17. The molecule has 112 valence electrons. The Morgan fingerprint density at radius 1 is 0.850 bits per heavy atom. The van der Waals surface area contributed by atoms with Gasteiger partial charge in [-0.1, -0.05) is 45.9 Å². The van der Waals surface area contributed by atoms with Gasteiger partial charge in [0.15, 0.2) is 0 Å². The van der Waals surface area contributed by atoms with Crippen molar-refractivity contribution in [2.75, 3.05) is 24.7 Å². The predicted octanol–water partition coefficient (Wildman–Crippen LogP) is 4.42. The van der Waals surface area contributed by atoms with Crippen molar-refractivity contribution in [2.24, 2.45) is 0 Å². The number of hydrogen-bond donors (Lipinski definition) is 0. The van der Waals surface area contributed by atoms with E-state index in [9.17, 15) is 0 Å². The number of anilines is 1. The smallest absolute Gasteiger partial charge is 0.0710 e. The van der Waals surface area contributed by atoms with Gasteiger partial charge in [0, 0.05) is 24.8 Å². The van der Waals surface area contributed by atoms with Gasteiger partial charge in [0.25, 0.3) is 0 Å². The van der Waals surface area contributed by atoms with Crippen LogP contribution in [0.4, 0.5) is 5.69 Å². The lowest BCUT2D eigenvalue weighted by atomic mass is 9.92. The number of rotatable bonds is 4. The fourth-order valence-electron chi connectivity index (χ4n) is 3.09. The van der Waals surface area contributed by atoms with Crippen molar-refractivity contribution < 1.29 is 0 Å². The molecule has 1 saturated heterocycles. The molecule has 1 aliphatic heterocycles. The van der Waals surface area contributed by atoms with Crippen molar-refractivity contribution in [1.29, 1.82) is 0 Å². The number of nitrogens with zero attached hydrogens (tertiary/aromatic N) is 2. The molecule has 0 atom stereocenters. The second-order valence-corrected chi connectivity index (χ2v) is 6.91. The highest BCUT2D eigenvalue weighted by molar-refractivity contribution is 5.62. The zero-order chi connectivity index (χ0) is 14.9. The number of hydrogen-bond acceptors (Lipinski definition) is 2. The summed E-state index contributed by atoms with van der Waals surface area (Å²) in [6, 6.07) is 7.48. The van der Waals surface area contributed by atoms with Crippen LogP contribution in [0.5, 0.6) is 0 Å². The second-order valence-electron chi connectivity index (χ2n) is 6.91. The molecule has 0 saturated carbocycles. The molecule has 1 aromatic carbocycles. The van der Waals surface area contributed by atoms with Gasteiger partial charge in [0.1, 0.15) is 0 Å². The molecule has 0 aliphatic carbocycles. The van der Waals surface area contributed by atoms with E-state index >= 15 is 0 Å². The third-order valence-electron chi connectivity index (χ3n) is 4.40. The fraction of sp³-hybridized carbons (Fsp3) is 0.667. The molecule has 20 heavy (non-hydrogen) atoms. The molecule has 0 N–H and O–H groups in total. The summed E-state index contributed by atoms with van der Waals surface area (Å²) in [5.74, 6) is 1.16. The minimum Gasteiger partial charge on any atom is -0.357 e. The Hall–Kier alpha value is -1.02. The quantitative estimate of drug-likeness (QED) is 0.802. The molecule has 2 nitrogen and oxygen atoms in total. The van der Waals surface area contributed by atoms with Crippen molar-refractivity contribution >= 4 is 5.69 Å². The van der Waals surface area contributed by atoms with Crippen molar-refractivity contribution in [2.45, 2.75) is 59.4 Å². The Labute approximate surface area is 124 Å².